The molecule has 3 heterocycles. The molecule has 1 aliphatic carbocycles. The molecule has 63 heavy (non-hydrogen) atoms. The first-order chi connectivity index (χ1) is 31.0. The van der Waals surface area contributed by atoms with Gasteiger partial charge >= 0.3 is 0 Å². The van der Waals surface area contributed by atoms with Crippen molar-refractivity contribution >= 4 is 38.3 Å². The van der Waals surface area contributed by atoms with Crippen LogP contribution in [0.5, 0.6) is 0 Å². The fraction of sp³-hybridized carbons (Fsp3) is 0.0862. The quantitative estimate of drug-likeness (QED) is 0.164. The summed E-state index contributed by atoms with van der Waals surface area (Å²) in [6.45, 7) is 4.68. The van der Waals surface area contributed by atoms with Gasteiger partial charge in [-0.15, -0.1) is 0 Å². The maximum Gasteiger partial charge on any atom is 0.131 e. The molecule has 8 aromatic carbocycles. The zero-order valence-electron chi connectivity index (χ0n) is 35.0. The lowest BCUT2D eigenvalue weighted by Gasteiger charge is -2.32. The summed E-state index contributed by atoms with van der Waals surface area (Å²) in [4.78, 5) is 15.3. The van der Waals surface area contributed by atoms with Crippen molar-refractivity contribution in [3.05, 3.63) is 228 Å². The van der Waals surface area contributed by atoms with Gasteiger partial charge in [-0.1, -0.05) is 166 Å². The lowest BCUT2D eigenvalue weighted by atomic mass is 9.82. The number of fused-ring (bicyclic) bond motifs is 7. The van der Waals surface area contributed by atoms with Gasteiger partial charge in [0.15, 0.2) is 0 Å². The predicted octanol–water partition coefficient (Wildman–Crippen LogP) is 13.6. The van der Waals surface area contributed by atoms with Crippen LogP contribution < -0.4 is 10.6 Å². The number of benzene rings is 8. The standard InChI is InChI=1S/C58H43N5/c1-58(2)51-23-13-11-21-46(51)49-34-38(25-28-52(49)58)39-31-40(33-41(32-39)57-62-55(36-15-5-3-6-16-36)61-56(63-57)37-17-7-4-8-18-37)42-26-27-48(44-20-10-9-19-43(42)44)54-50-35-59-30-29-45(50)47-22-12-14-24-53(47)60-54/h3-35,55,57,62H,1-2H3,(H,61,63). The van der Waals surface area contributed by atoms with E-state index in [4.69, 9.17) is 9.98 Å². The molecule has 0 radical (unpaired) electrons. The van der Waals surface area contributed by atoms with Crippen molar-refractivity contribution in [3.8, 4) is 44.6 Å². The third kappa shape index (κ3) is 6.23. The van der Waals surface area contributed by atoms with Crippen molar-refractivity contribution < 1.29 is 0 Å². The highest BCUT2D eigenvalue weighted by Crippen LogP contribution is 2.50. The van der Waals surface area contributed by atoms with Gasteiger partial charge < -0.3 is 5.32 Å². The van der Waals surface area contributed by atoms with Gasteiger partial charge in [-0.25, -0.2) is 9.98 Å². The lowest BCUT2D eigenvalue weighted by molar-refractivity contribution is 0.409. The van der Waals surface area contributed by atoms with Crippen molar-refractivity contribution in [2.45, 2.75) is 31.6 Å². The van der Waals surface area contributed by atoms with Gasteiger partial charge in [0.25, 0.3) is 0 Å². The number of pyridine rings is 2. The van der Waals surface area contributed by atoms with Crippen LogP contribution in [0.15, 0.2) is 205 Å². The molecule has 2 aliphatic rings. The van der Waals surface area contributed by atoms with Crippen LogP contribution in [0.1, 0.15) is 54.0 Å². The normalized spacial score (nSPS) is 16.4. The maximum absolute atomic E-state index is 5.42. The molecule has 10 aromatic rings. The van der Waals surface area contributed by atoms with Crippen LogP contribution in [0.25, 0.3) is 77.1 Å². The van der Waals surface area contributed by atoms with Gasteiger partial charge in [0, 0.05) is 39.7 Å². The van der Waals surface area contributed by atoms with Crippen LogP contribution in [-0.4, -0.2) is 15.8 Å². The average molecular weight is 810 g/mol. The SMILES string of the molecule is CC1(C)c2ccccc2-c2cc(-c3cc(-c4ccc(-c5nc6ccccc6c6ccncc56)c5ccccc45)cc(C4N=C(c5ccccc5)NC(c5ccccc5)N4)c3)ccc21. The number of hydrogen-bond acceptors (Lipinski definition) is 5. The van der Waals surface area contributed by atoms with Crippen molar-refractivity contribution in [1.82, 2.24) is 20.6 Å². The minimum atomic E-state index is -0.342. The molecular formula is C58H43N5. The van der Waals surface area contributed by atoms with Gasteiger partial charge in [-0.3, -0.25) is 10.3 Å². The third-order valence-electron chi connectivity index (χ3n) is 13.2. The van der Waals surface area contributed by atoms with Gasteiger partial charge in [0.2, 0.25) is 0 Å². The summed E-state index contributed by atoms with van der Waals surface area (Å²) in [7, 11) is 0. The number of hydrogen-bond donors (Lipinski definition) is 2. The smallest absolute Gasteiger partial charge is 0.131 e. The number of aromatic nitrogens is 2. The Kier molecular flexibility index (Phi) is 8.66. The molecule has 0 fully saturated rings. The number of nitrogens with one attached hydrogen (secondary N) is 2. The zero-order valence-corrected chi connectivity index (χ0v) is 35.0. The first-order valence-electron chi connectivity index (χ1n) is 21.7. The molecule has 12 rings (SSSR count). The van der Waals surface area contributed by atoms with E-state index in [2.05, 4.69) is 211 Å². The van der Waals surface area contributed by atoms with Crippen LogP contribution in [0.2, 0.25) is 0 Å². The zero-order chi connectivity index (χ0) is 42.1. The Bertz CT molecular complexity index is 3450. The summed E-state index contributed by atoms with van der Waals surface area (Å²) in [5, 5.41) is 13.2. The second-order valence-electron chi connectivity index (χ2n) is 17.3. The Balaban J connectivity index is 1.07. The molecule has 0 amide bonds. The van der Waals surface area contributed by atoms with Crippen LogP contribution in [0, 0.1) is 0 Å². The Morgan fingerprint density at radius 1 is 0.460 bits per heavy atom. The highest BCUT2D eigenvalue weighted by molar-refractivity contribution is 6.14. The van der Waals surface area contributed by atoms with E-state index in [1.807, 2.05) is 18.5 Å². The fourth-order valence-corrected chi connectivity index (χ4v) is 10.1. The lowest BCUT2D eigenvalue weighted by Crippen LogP contribution is -2.44. The van der Waals surface area contributed by atoms with Crippen molar-refractivity contribution in [2.75, 3.05) is 0 Å². The highest BCUT2D eigenvalue weighted by atomic mass is 15.3. The summed E-state index contributed by atoms with van der Waals surface area (Å²) < 4.78 is 0. The summed E-state index contributed by atoms with van der Waals surface area (Å²) in [5.74, 6) is 0.857. The first-order valence-corrected chi connectivity index (χ1v) is 21.7. The molecule has 5 heteroatoms. The van der Waals surface area contributed by atoms with E-state index in [0.717, 1.165) is 82.9 Å². The summed E-state index contributed by atoms with van der Waals surface area (Å²) >= 11 is 0. The molecule has 0 spiro atoms. The predicted molar refractivity (Wildman–Crippen MR) is 260 cm³/mol. The number of aliphatic imine (C=N–C) groups is 1. The van der Waals surface area contributed by atoms with E-state index >= 15 is 0 Å². The van der Waals surface area contributed by atoms with E-state index in [9.17, 15) is 0 Å². The minimum absolute atomic E-state index is 0.0760. The maximum atomic E-state index is 5.42. The molecule has 5 nitrogen and oxygen atoms in total. The third-order valence-corrected chi connectivity index (χ3v) is 13.2. The Morgan fingerprint density at radius 2 is 1.14 bits per heavy atom. The highest BCUT2D eigenvalue weighted by Gasteiger charge is 2.35. The summed E-state index contributed by atoms with van der Waals surface area (Å²) in [6.07, 6.45) is 3.33. The number of amidine groups is 1. The van der Waals surface area contributed by atoms with Crippen LogP contribution in [-0.2, 0) is 5.41 Å². The van der Waals surface area contributed by atoms with Gasteiger partial charge in [0.1, 0.15) is 18.2 Å². The monoisotopic (exact) mass is 809 g/mol. The molecule has 2 aromatic heterocycles. The first kappa shape index (κ1) is 37.1. The fourth-order valence-electron chi connectivity index (χ4n) is 10.1. The molecular weight excluding hydrogens is 767 g/mol. The average Bonchev–Trinajstić information content (AvgIpc) is 3.58. The number of rotatable bonds is 6. The molecule has 0 saturated carbocycles. The Morgan fingerprint density at radius 3 is 1.98 bits per heavy atom. The molecule has 0 bridgehead atoms. The van der Waals surface area contributed by atoms with Crippen LogP contribution in [0.4, 0.5) is 0 Å². The van der Waals surface area contributed by atoms with E-state index in [0.29, 0.717) is 0 Å². The van der Waals surface area contributed by atoms with Crippen molar-refractivity contribution in [2.24, 2.45) is 4.99 Å². The number of para-hydroxylation sites is 1. The van der Waals surface area contributed by atoms with E-state index in [1.165, 1.54) is 27.8 Å². The molecule has 300 valence electrons. The Hall–Kier alpha value is -7.73. The second kappa shape index (κ2) is 14.7. The second-order valence-corrected chi connectivity index (χ2v) is 17.3. The topological polar surface area (TPSA) is 62.2 Å². The van der Waals surface area contributed by atoms with E-state index in [-0.39, 0.29) is 17.7 Å². The van der Waals surface area contributed by atoms with Gasteiger partial charge in [0.05, 0.1) is 11.2 Å². The van der Waals surface area contributed by atoms with Crippen LogP contribution in [0.3, 0.4) is 0 Å². The van der Waals surface area contributed by atoms with Crippen molar-refractivity contribution in [1.29, 1.82) is 0 Å². The largest absolute Gasteiger partial charge is 0.350 e. The van der Waals surface area contributed by atoms with Crippen LogP contribution >= 0.6 is 0 Å². The van der Waals surface area contributed by atoms with Gasteiger partial charge in [-0.05, 0) is 108 Å². The van der Waals surface area contributed by atoms with Crippen molar-refractivity contribution in [3.63, 3.8) is 0 Å². The Labute approximate surface area is 366 Å². The summed E-state index contributed by atoms with van der Waals surface area (Å²) in [6, 6.07) is 67.7. The van der Waals surface area contributed by atoms with E-state index in [1.54, 1.807) is 0 Å². The molecule has 2 unspecified atom stereocenters. The minimum Gasteiger partial charge on any atom is -0.350 e. The van der Waals surface area contributed by atoms with Gasteiger partial charge in [-0.2, -0.15) is 0 Å². The van der Waals surface area contributed by atoms with E-state index < -0.39 is 0 Å². The summed E-state index contributed by atoms with van der Waals surface area (Å²) in [5.41, 5.74) is 16.1. The molecule has 2 N–H and O–H groups in total. The molecule has 0 saturated heterocycles. The number of nitrogens with zero attached hydrogens (tertiary/aromatic N) is 3. The molecule has 1 aliphatic heterocycles. The molecule has 2 atom stereocenters.